The average Bonchev–Trinajstić information content (AvgIpc) is 3.14. The van der Waals surface area contributed by atoms with Crippen LogP contribution in [-0.2, 0) is 19.4 Å². The monoisotopic (exact) mass is 295 g/mol. The third-order valence-electron chi connectivity index (χ3n) is 4.07. The zero-order valence-corrected chi connectivity index (χ0v) is 12.4. The number of hydrogen-bond acceptors (Lipinski definition) is 4. The number of aryl methyl sites for hydroxylation is 2. The molecule has 112 valence electrons. The Bertz CT molecular complexity index is 891. The normalized spacial score (nSPS) is 13.5. The number of hydrogen-bond donors (Lipinski definition) is 2. The van der Waals surface area contributed by atoms with Gasteiger partial charge in [-0.2, -0.15) is 9.50 Å². The average molecular weight is 295 g/mol. The van der Waals surface area contributed by atoms with E-state index in [1.54, 1.807) is 0 Å². The first-order valence-electron chi connectivity index (χ1n) is 7.50. The van der Waals surface area contributed by atoms with E-state index in [0.29, 0.717) is 18.1 Å². The van der Waals surface area contributed by atoms with Gasteiger partial charge >= 0.3 is 0 Å². The van der Waals surface area contributed by atoms with Crippen LogP contribution in [0.5, 0.6) is 0 Å². The molecule has 2 heterocycles. The lowest BCUT2D eigenvalue weighted by Crippen LogP contribution is -2.20. The molecule has 6 heteroatoms. The Morgan fingerprint density at radius 1 is 1.23 bits per heavy atom. The minimum absolute atomic E-state index is 0.00779. The van der Waals surface area contributed by atoms with Crippen molar-refractivity contribution in [3.05, 3.63) is 57.3 Å². The summed E-state index contributed by atoms with van der Waals surface area (Å²) in [5.41, 5.74) is 3.98. The topological polar surface area (TPSA) is 75.1 Å². The summed E-state index contributed by atoms with van der Waals surface area (Å²) in [5.74, 6) is 1.17. The molecule has 0 spiro atoms. The lowest BCUT2D eigenvalue weighted by Gasteiger charge is -2.03. The summed E-state index contributed by atoms with van der Waals surface area (Å²) in [6, 6.07) is 8.16. The van der Waals surface area contributed by atoms with Crippen LogP contribution in [0.4, 0.5) is 5.69 Å². The van der Waals surface area contributed by atoms with Crippen molar-refractivity contribution in [2.75, 3.05) is 5.32 Å². The largest absolute Gasteiger partial charge is 0.378 e. The molecule has 0 saturated carbocycles. The van der Waals surface area contributed by atoms with Crippen LogP contribution < -0.4 is 10.9 Å². The number of benzene rings is 1. The molecule has 3 aromatic rings. The number of aromatic nitrogens is 4. The van der Waals surface area contributed by atoms with Gasteiger partial charge in [0.15, 0.2) is 0 Å². The molecule has 2 aromatic heterocycles. The van der Waals surface area contributed by atoms with Crippen molar-refractivity contribution >= 4 is 11.5 Å². The van der Waals surface area contributed by atoms with Crippen molar-refractivity contribution in [2.45, 2.75) is 32.7 Å². The molecule has 0 fully saturated rings. The van der Waals surface area contributed by atoms with Crippen molar-refractivity contribution in [3.63, 3.8) is 0 Å². The number of anilines is 1. The Hall–Kier alpha value is -2.63. The maximum atomic E-state index is 12.4. The second-order valence-corrected chi connectivity index (χ2v) is 5.72. The van der Waals surface area contributed by atoms with Crippen molar-refractivity contribution in [2.24, 2.45) is 0 Å². The summed E-state index contributed by atoms with van der Waals surface area (Å²) >= 11 is 0. The fourth-order valence-corrected chi connectivity index (χ4v) is 2.86. The number of H-pyrrole nitrogens is 1. The molecule has 4 rings (SSSR count). The first kappa shape index (κ1) is 13.1. The Balaban J connectivity index is 1.62. The summed E-state index contributed by atoms with van der Waals surface area (Å²) in [6.45, 7) is 2.58. The second kappa shape index (κ2) is 4.98. The summed E-state index contributed by atoms with van der Waals surface area (Å²) < 4.78 is 1.45. The lowest BCUT2D eigenvalue weighted by atomic mass is 10.2. The second-order valence-electron chi connectivity index (χ2n) is 5.72. The Labute approximate surface area is 127 Å². The number of nitrogens with zero attached hydrogens (tertiary/aromatic N) is 3. The van der Waals surface area contributed by atoms with Gasteiger partial charge in [0, 0.05) is 11.3 Å². The fraction of sp³-hybridized carbons (Fsp3) is 0.312. The van der Waals surface area contributed by atoms with Crippen LogP contribution >= 0.6 is 0 Å². The van der Waals surface area contributed by atoms with Gasteiger partial charge in [-0.1, -0.05) is 17.7 Å². The third-order valence-corrected chi connectivity index (χ3v) is 4.07. The van der Waals surface area contributed by atoms with Gasteiger partial charge in [-0.05, 0) is 38.3 Å². The molecule has 0 unspecified atom stereocenters. The van der Waals surface area contributed by atoms with Crippen LogP contribution in [-0.4, -0.2) is 19.6 Å². The molecular weight excluding hydrogens is 278 g/mol. The highest BCUT2D eigenvalue weighted by atomic mass is 16.1. The molecule has 1 aromatic carbocycles. The molecule has 1 aliphatic rings. The van der Waals surface area contributed by atoms with Gasteiger partial charge in [-0.15, -0.1) is 0 Å². The lowest BCUT2D eigenvalue weighted by molar-refractivity contribution is 0.839. The molecule has 0 bridgehead atoms. The molecule has 1 aliphatic carbocycles. The van der Waals surface area contributed by atoms with Crippen LogP contribution in [0.15, 0.2) is 29.1 Å². The van der Waals surface area contributed by atoms with E-state index in [1.807, 2.05) is 12.1 Å². The van der Waals surface area contributed by atoms with Gasteiger partial charge in [0.25, 0.3) is 11.3 Å². The van der Waals surface area contributed by atoms with Gasteiger partial charge in [0.05, 0.1) is 12.2 Å². The standard InChI is InChI=1S/C16H17N5O/c1-10-5-7-11(8-6-10)17-9-14-19-16-18-13-4-2-3-12(13)15(22)21(16)20-14/h5-8,17H,2-4,9H2,1H3,(H,18,19,20). The zero-order chi connectivity index (χ0) is 15.1. The minimum atomic E-state index is -0.00779. The van der Waals surface area contributed by atoms with Gasteiger partial charge in [-0.3, -0.25) is 9.89 Å². The fourth-order valence-electron chi connectivity index (χ4n) is 2.86. The van der Waals surface area contributed by atoms with Crippen molar-refractivity contribution in [1.82, 2.24) is 19.6 Å². The Kier molecular flexibility index (Phi) is 2.96. The predicted octanol–water partition coefficient (Wildman–Crippen LogP) is 1.83. The predicted molar refractivity (Wildman–Crippen MR) is 84.1 cm³/mol. The molecule has 6 nitrogen and oxygen atoms in total. The Morgan fingerprint density at radius 2 is 2.05 bits per heavy atom. The van der Waals surface area contributed by atoms with Crippen LogP contribution in [0.2, 0.25) is 0 Å². The molecule has 0 radical (unpaired) electrons. The highest BCUT2D eigenvalue weighted by Crippen LogP contribution is 2.16. The number of aromatic amines is 1. The highest BCUT2D eigenvalue weighted by molar-refractivity contribution is 5.44. The molecule has 2 N–H and O–H groups in total. The smallest absolute Gasteiger partial charge is 0.277 e. The van der Waals surface area contributed by atoms with Gasteiger partial charge < -0.3 is 5.32 Å². The van der Waals surface area contributed by atoms with Crippen molar-refractivity contribution in [1.29, 1.82) is 0 Å². The van der Waals surface area contributed by atoms with Crippen LogP contribution in [0.3, 0.4) is 0 Å². The number of nitrogens with one attached hydrogen (secondary N) is 2. The zero-order valence-electron chi connectivity index (χ0n) is 12.4. The Morgan fingerprint density at radius 3 is 2.86 bits per heavy atom. The van der Waals surface area contributed by atoms with Crippen LogP contribution in [0.1, 0.15) is 29.1 Å². The number of rotatable bonds is 3. The first-order chi connectivity index (χ1) is 10.7. The summed E-state index contributed by atoms with van der Waals surface area (Å²) in [7, 11) is 0. The molecule has 0 aliphatic heterocycles. The molecule has 0 amide bonds. The van der Waals surface area contributed by atoms with Crippen molar-refractivity contribution in [3.8, 4) is 0 Å². The summed E-state index contributed by atoms with van der Waals surface area (Å²) in [5, 5.41) is 6.33. The van der Waals surface area contributed by atoms with E-state index in [1.165, 1.54) is 10.1 Å². The number of fused-ring (bicyclic) bond motifs is 2. The summed E-state index contributed by atoms with van der Waals surface area (Å²) in [6.07, 6.45) is 2.71. The van der Waals surface area contributed by atoms with Crippen LogP contribution in [0.25, 0.3) is 5.78 Å². The van der Waals surface area contributed by atoms with E-state index in [2.05, 4.69) is 39.4 Å². The van der Waals surface area contributed by atoms with E-state index in [9.17, 15) is 4.79 Å². The summed E-state index contributed by atoms with van der Waals surface area (Å²) in [4.78, 5) is 21.3. The van der Waals surface area contributed by atoms with E-state index in [-0.39, 0.29) is 5.56 Å². The van der Waals surface area contributed by atoms with E-state index in [4.69, 9.17) is 0 Å². The highest BCUT2D eigenvalue weighted by Gasteiger charge is 2.19. The van der Waals surface area contributed by atoms with Gasteiger partial charge in [-0.25, -0.2) is 4.98 Å². The quantitative estimate of drug-likeness (QED) is 0.773. The van der Waals surface area contributed by atoms with Crippen LogP contribution in [0, 0.1) is 6.92 Å². The molecule has 22 heavy (non-hydrogen) atoms. The molecular formula is C16H17N5O. The SMILES string of the molecule is Cc1ccc(NCc2nc3nc4c(c(=O)n3[nH]2)CCC4)cc1. The van der Waals surface area contributed by atoms with E-state index in [0.717, 1.165) is 36.2 Å². The first-order valence-corrected chi connectivity index (χ1v) is 7.50. The third kappa shape index (κ3) is 2.16. The minimum Gasteiger partial charge on any atom is -0.378 e. The van der Waals surface area contributed by atoms with E-state index < -0.39 is 0 Å². The van der Waals surface area contributed by atoms with E-state index >= 15 is 0 Å². The maximum absolute atomic E-state index is 12.4. The van der Waals surface area contributed by atoms with Gasteiger partial charge in [0.1, 0.15) is 5.82 Å². The molecule has 0 atom stereocenters. The van der Waals surface area contributed by atoms with Gasteiger partial charge in [0.2, 0.25) is 0 Å². The molecule has 0 saturated heterocycles. The maximum Gasteiger partial charge on any atom is 0.277 e. The van der Waals surface area contributed by atoms with Crippen molar-refractivity contribution < 1.29 is 0 Å².